The molecule has 5 heteroatoms. The number of hydrogen-bond acceptors (Lipinski definition) is 4. The van der Waals surface area contributed by atoms with E-state index in [0.717, 1.165) is 0 Å². The van der Waals surface area contributed by atoms with E-state index in [1.807, 2.05) is 0 Å². The molecule has 22 heavy (non-hydrogen) atoms. The molecule has 116 valence electrons. The molecule has 0 fully saturated rings. The van der Waals surface area contributed by atoms with Gasteiger partial charge in [-0.05, 0) is 29.8 Å². The molecule has 0 aromatic heterocycles. The molecule has 0 radical (unpaired) electrons. The van der Waals surface area contributed by atoms with Crippen LogP contribution in [0.3, 0.4) is 0 Å². The molecule has 2 aromatic carbocycles. The summed E-state index contributed by atoms with van der Waals surface area (Å²) in [5, 5.41) is 0. The van der Waals surface area contributed by atoms with Gasteiger partial charge in [-0.2, -0.15) is 0 Å². The summed E-state index contributed by atoms with van der Waals surface area (Å²) in [5.74, 6) is -0.489. The minimum absolute atomic E-state index is 0.0607. The lowest BCUT2D eigenvalue weighted by Gasteiger charge is -2.18. The fraction of sp³-hybridized carbons (Fsp3) is 0.235. The summed E-state index contributed by atoms with van der Waals surface area (Å²) in [7, 11) is 4.33. The van der Waals surface area contributed by atoms with Crippen LogP contribution < -0.4 is 14.2 Å². The van der Waals surface area contributed by atoms with Crippen LogP contribution in [0.25, 0.3) is 0 Å². The summed E-state index contributed by atoms with van der Waals surface area (Å²) in [6, 6.07) is 9.97. The first-order chi connectivity index (χ1) is 10.7. The van der Waals surface area contributed by atoms with Crippen molar-refractivity contribution in [3.05, 3.63) is 53.3 Å². The first-order valence-electron chi connectivity index (χ1n) is 6.65. The lowest BCUT2D eigenvalue weighted by Crippen LogP contribution is -2.09. The van der Waals surface area contributed by atoms with Gasteiger partial charge in [0.25, 0.3) is 0 Å². The summed E-state index contributed by atoms with van der Waals surface area (Å²) in [6.45, 7) is 0. The SMILES string of the molecule is COc1cccc(C(C=O)c2c(OC)ccc(OC)c2F)c1. The maximum absolute atomic E-state index is 14.6. The van der Waals surface area contributed by atoms with Crippen LogP contribution >= 0.6 is 0 Å². The van der Waals surface area contributed by atoms with Crippen LogP contribution in [0, 0.1) is 5.82 Å². The molecule has 1 unspecified atom stereocenters. The first-order valence-corrected chi connectivity index (χ1v) is 6.65. The molecule has 0 aliphatic rings. The second kappa shape index (κ2) is 6.93. The standard InChI is InChI=1S/C17H17FO4/c1-20-12-6-4-5-11(9-12)13(10-19)16-14(21-2)7-8-15(22-3)17(16)18/h4-10,13H,1-3H3. The fourth-order valence-corrected chi connectivity index (χ4v) is 2.33. The van der Waals surface area contributed by atoms with Crippen molar-refractivity contribution in [3.63, 3.8) is 0 Å². The minimum Gasteiger partial charge on any atom is -0.497 e. The van der Waals surface area contributed by atoms with E-state index >= 15 is 0 Å². The zero-order chi connectivity index (χ0) is 16.1. The van der Waals surface area contributed by atoms with Gasteiger partial charge in [-0.25, -0.2) is 4.39 Å². The van der Waals surface area contributed by atoms with Crippen LogP contribution in [0.1, 0.15) is 17.0 Å². The van der Waals surface area contributed by atoms with Crippen LogP contribution in [-0.4, -0.2) is 27.6 Å². The lowest BCUT2D eigenvalue weighted by molar-refractivity contribution is -0.108. The maximum atomic E-state index is 14.6. The van der Waals surface area contributed by atoms with Crippen LogP contribution in [-0.2, 0) is 4.79 Å². The summed E-state index contributed by atoms with van der Waals surface area (Å²) < 4.78 is 30.0. The van der Waals surface area contributed by atoms with Crippen molar-refractivity contribution in [1.82, 2.24) is 0 Å². The van der Waals surface area contributed by atoms with Crippen molar-refractivity contribution < 1.29 is 23.4 Å². The van der Waals surface area contributed by atoms with Crippen molar-refractivity contribution in [1.29, 1.82) is 0 Å². The summed E-state index contributed by atoms with van der Waals surface area (Å²) in [4.78, 5) is 11.6. The average Bonchev–Trinajstić information content (AvgIpc) is 2.57. The Morgan fingerprint density at radius 3 is 2.27 bits per heavy atom. The van der Waals surface area contributed by atoms with E-state index in [-0.39, 0.29) is 11.3 Å². The molecule has 0 aliphatic heterocycles. The summed E-state index contributed by atoms with van der Waals surface area (Å²) in [5.41, 5.74) is 0.755. The predicted octanol–water partition coefficient (Wildman–Crippen LogP) is 3.18. The van der Waals surface area contributed by atoms with Crippen LogP contribution in [0.2, 0.25) is 0 Å². The van der Waals surface area contributed by atoms with Gasteiger partial charge in [0.15, 0.2) is 11.6 Å². The Kier molecular flexibility index (Phi) is 4.99. The number of methoxy groups -OCH3 is 3. The topological polar surface area (TPSA) is 44.8 Å². The van der Waals surface area contributed by atoms with E-state index in [9.17, 15) is 9.18 Å². The number of halogens is 1. The Balaban J connectivity index is 2.61. The molecule has 0 amide bonds. The second-order valence-corrected chi connectivity index (χ2v) is 4.59. The highest BCUT2D eigenvalue weighted by Gasteiger charge is 2.25. The molecule has 2 rings (SSSR count). The lowest BCUT2D eigenvalue weighted by atomic mass is 9.91. The van der Waals surface area contributed by atoms with Crippen molar-refractivity contribution in [2.45, 2.75) is 5.92 Å². The first kappa shape index (κ1) is 15.8. The van der Waals surface area contributed by atoms with Gasteiger partial charge in [0.05, 0.1) is 27.2 Å². The van der Waals surface area contributed by atoms with Crippen LogP contribution in [0.5, 0.6) is 17.2 Å². The molecule has 0 bridgehead atoms. The number of hydrogen-bond donors (Lipinski definition) is 0. The van der Waals surface area contributed by atoms with Gasteiger partial charge in [0.1, 0.15) is 17.8 Å². The van der Waals surface area contributed by atoms with E-state index in [4.69, 9.17) is 14.2 Å². The van der Waals surface area contributed by atoms with Gasteiger partial charge >= 0.3 is 0 Å². The molecule has 0 saturated heterocycles. The van der Waals surface area contributed by atoms with E-state index in [2.05, 4.69) is 0 Å². The second-order valence-electron chi connectivity index (χ2n) is 4.59. The normalized spacial score (nSPS) is 11.6. The molecule has 2 aromatic rings. The van der Waals surface area contributed by atoms with Gasteiger partial charge in [-0.15, -0.1) is 0 Å². The Bertz CT molecular complexity index is 670. The number of ether oxygens (including phenoxy) is 3. The zero-order valence-electron chi connectivity index (χ0n) is 12.6. The number of rotatable bonds is 6. The quantitative estimate of drug-likeness (QED) is 0.769. The van der Waals surface area contributed by atoms with Gasteiger partial charge in [-0.1, -0.05) is 12.1 Å². The Morgan fingerprint density at radius 2 is 1.68 bits per heavy atom. The highest BCUT2D eigenvalue weighted by Crippen LogP contribution is 2.37. The largest absolute Gasteiger partial charge is 0.497 e. The molecular formula is C17H17FO4. The van der Waals surface area contributed by atoms with Crippen LogP contribution in [0.15, 0.2) is 36.4 Å². The number of aldehydes is 1. The van der Waals surface area contributed by atoms with E-state index < -0.39 is 11.7 Å². The van der Waals surface area contributed by atoms with E-state index in [0.29, 0.717) is 23.3 Å². The van der Waals surface area contributed by atoms with Gasteiger partial charge in [0.2, 0.25) is 0 Å². The monoisotopic (exact) mass is 304 g/mol. The van der Waals surface area contributed by atoms with Gasteiger partial charge in [0, 0.05) is 5.56 Å². The maximum Gasteiger partial charge on any atom is 0.172 e. The Hall–Kier alpha value is -2.56. The summed E-state index contributed by atoms with van der Waals surface area (Å²) in [6.07, 6.45) is 0.676. The minimum atomic E-state index is -0.819. The number of carbonyl (C=O) groups excluding carboxylic acids is 1. The zero-order valence-corrected chi connectivity index (χ0v) is 12.6. The van der Waals surface area contributed by atoms with E-state index in [1.165, 1.54) is 27.4 Å². The van der Waals surface area contributed by atoms with Crippen LogP contribution in [0.4, 0.5) is 4.39 Å². The summed E-state index contributed by atoms with van der Waals surface area (Å²) >= 11 is 0. The highest BCUT2D eigenvalue weighted by molar-refractivity contribution is 5.71. The van der Waals surface area contributed by atoms with Crippen molar-refractivity contribution in [2.75, 3.05) is 21.3 Å². The third kappa shape index (κ3) is 2.88. The molecule has 0 N–H and O–H groups in total. The Morgan fingerprint density at radius 1 is 1.00 bits per heavy atom. The third-order valence-electron chi connectivity index (χ3n) is 3.44. The molecule has 0 aliphatic carbocycles. The molecular weight excluding hydrogens is 287 g/mol. The third-order valence-corrected chi connectivity index (χ3v) is 3.44. The molecule has 0 saturated carbocycles. The van der Waals surface area contributed by atoms with Gasteiger partial charge < -0.3 is 19.0 Å². The predicted molar refractivity (Wildman–Crippen MR) is 80.4 cm³/mol. The average molecular weight is 304 g/mol. The fourth-order valence-electron chi connectivity index (χ4n) is 2.33. The van der Waals surface area contributed by atoms with Gasteiger partial charge in [-0.3, -0.25) is 0 Å². The highest BCUT2D eigenvalue weighted by atomic mass is 19.1. The van der Waals surface area contributed by atoms with Crippen molar-refractivity contribution in [3.8, 4) is 17.2 Å². The number of benzene rings is 2. The molecule has 1 atom stereocenters. The van der Waals surface area contributed by atoms with Crippen molar-refractivity contribution >= 4 is 6.29 Å². The molecule has 4 nitrogen and oxygen atoms in total. The number of carbonyl (C=O) groups is 1. The smallest absolute Gasteiger partial charge is 0.172 e. The van der Waals surface area contributed by atoms with E-state index in [1.54, 1.807) is 30.3 Å². The molecule has 0 spiro atoms. The van der Waals surface area contributed by atoms with Crippen molar-refractivity contribution in [2.24, 2.45) is 0 Å². The molecule has 0 heterocycles. The Labute approximate surface area is 128 Å².